The highest BCUT2D eigenvalue weighted by Crippen LogP contribution is 2.48. The standard InChI is InChI=1S/C19H21F6N5O/c1-17(2)11(9-31)5-14(17)29-15-13(19(23,24)25)8-28-16(30-15)27-7-10-6-26-4-3-12(10)18(20,21)22/h3-4,6,8,11,14,31H,5,7,9H2,1-2H3,(H2,27,28,29,30)/t11-,14-/m0/s1. The van der Waals surface area contributed by atoms with E-state index < -0.39 is 34.7 Å². The number of nitrogens with zero attached hydrogens (tertiary/aromatic N) is 3. The van der Waals surface area contributed by atoms with Crippen LogP contribution in [0.4, 0.5) is 38.1 Å². The van der Waals surface area contributed by atoms with Crippen LogP contribution in [0, 0.1) is 11.3 Å². The quantitative estimate of drug-likeness (QED) is 0.570. The van der Waals surface area contributed by atoms with Gasteiger partial charge in [0.05, 0.1) is 5.56 Å². The maximum absolute atomic E-state index is 13.4. The number of aromatic nitrogens is 3. The van der Waals surface area contributed by atoms with Crippen LogP contribution in [0.3, 0.4) is 0 Å². The van der Waals surface area contributed by atoms with Crippen LogP contribution in [-0.2, 0) is 18.9 Å². The van der Waals surface area contributed by atoms with Crippen molar-refractivity contribution in [1.29, 1.82) is 0 Å². The maximum atomic E-state index is 13.4. The second kappa shape index (κ2) is 8.13. The highest BCUT2D eigenvalue weighted by Gasteiger charge is 2.48. The van der Waals surface area contributed by atoms with Crippen molar-refractivity contribution in [2.45, 2.75) is 45.2 Å². The van der Waals surface area contributed by atoms with Gasteiger partial charge in [-0.15, -0.1) is 0 Å². The number of halogens is 6. The molecule has 6 nitrogen and oxygen atoms in total. The fraction of sp³-hybridized carbons (Fsp3) is 0.526. The highest BCUT2D eigenvalue weighted by atomic mass is 19.4. The minimum absolute atomic E-state index is 0.0647. The third kappa shape index (κ3) is 4.83. The molecule has 3 rings (SSSR count). The van der Waals surface area contributed by atoms with Crippen LogP contribution in [0.2, 0.25) is 0 Å². The molecule has 0 spiro atoms. The topological polar surface area (TPSA) is 83.0 Å². The minimum Gasteiger partial charge on any atom is -0.396 e. The number of anilines is 2. The number of rotatable bonds is 6. The molecule has 2 heterocycles. The molecule has 1 aliphatic rings. The SMILES string of the molecule is CC1(C)[C@H](CO)C[C@@H]1Nc1nc(NCc2cnccc2C(F)(F)F)ncc1C(F)(F)F. The normalized spacial score (nSPS) is 20.8. The molecule has 0 bridgehead atoms. The van der Waals surface area contributed by atoms with Crippen molar-refractivity contribution in [3.05, 3.63) is 41.3 Å². The molecule has 0 aromatic carbocycles. The maximum Gasteiger partial charge on any atom is 0.421 e. The summed E-state index contributed by atoms with van der Waals surface area (Å²) < 4.78 is 79.5. The van der Waals surface area contributed by atoms with E-state index in [0.29, 0.717) is 12.6 Å². The Balaban J connectivity index is 1.83. The predicted molar refractivity (Wildman–Crippen MR) is 100.0 cm³/mol. The van der Waals surface area contributed by atoms with E-state index in [-0.39, 0.29) is 36.6 Å². The lowest BCUT2D eigenvalue weighted by Crippen LogP contribution is -2.55. The zero-order valence-electron chi connectivity index (χ0n) is 16.6. The Bertz CT molecular complexity index is 931. The summed E-state index contributed by atoms with van der Waals surface area (Å²) in [7, 11) is 0. The van der Waals surface area contributed by atoms with Crippen molar-refractivity contribution in [2.75, 3.05) is 17.2 Å². The minimum atomic E-state index is -4.72. The van der Waals surface area contributed by atoms with Crippen LogP contribution in [0.15, 0.2) is 24.7 Å². The van der Waals surface area contributed by atoms with Crippen molar-refractivity contribution >= 4 is 11.8 Å². The van der Waals surface area contributed by atoms with Gasteiger partial charge >= 0.3 is 12.4 Å². The third-order valence-corrected chi connectivity index (χ3v) is 5.74. The third-order valence-electron chi connectivity index (χ3n) is 5.74. The van der Waals surface area contributed by atoms with Gasteiger partial charge in [0.15, 0.2) is 0 Å². The lowest BCUT2D eigenvalue weighted by molar-refractivity contribution is -0.138. The van der Waals surface area contributed by atoms with Gasteiger partial charge in [-0.2, -0.15) is 31.3 Å². The Kier molecular flexibility index (Phi) is 6.05. The monoisotopic (exact) mass is 449 g/mol. The van der Waals surface area contributed by atoms with Crippen molar-refractivity contribution in [3.63, 3.8) is 0 Å². The second-order valence-electron chi connectivity index (χ2n) is 7.97. The van der Waals surface area contributed by atoms with Gasteiger partial charge in [-0.3, -0.25) is 4.98 Å². The first kappa shape index (κ1) is 23.0. The van der Waals surface area contributed by atoms with Crippen LogP contribution in [0.5, 0.6) is 0 Å². The summed E-state index contributed by atoms with van der Waals surface area (Å²) in [6, 6.07) is 0.442. The average molecular weight is 449 g/mol. The number of pyridine rings is 1. The van der Waals surface area contributed by atoms with Crippen LogP contribution < -0.4 is 10.6 Å². The molecule has 1 fully saturated rings. The molecule has 1 saturated carbocycles. The van der Waals surface area contributed by atoms with E-state index in [0.717, 1.165) is 18.5 Å². The average Bonchev–Trinajstić information content (AvgIpc) is 2.68. The number of nitrogens with one attached hydrogen (secondary N) is 2. The van der Waals surface area contributed by atoms with E-state index in [1.165, 1.54) is 0 Å². The van der Waals surface area contributed by atoms with Crippen LogP contribution in [0.25, 0.3) is 0 Å². The molecule has 0 amide bonds. The molecule has 0 radical (unpaired) electrons. The first-order valence-electron chi connectivity index (χ1n) is 9.39. The van der Waals surface area contributed by atoms with E-state index in [4.69, 9.17) is 0 Å². The first-order valence-corrected chi connectivity index (χ1v) is 9.39. The highest BCUT2D eigenvalue weighted by molar-refractivity contribution is 5.50. The van der Waals surface area contributed by atoms with Crippen LogP contribution in [-0.4, -0.2) is 32.7 Å². The number of hydrogen-bond acceptors (Lipinski definition) is 6. The van der Waals surface area contributed by atoms with E-state index in [2.05, 4.69) is 25.6 Å². The number of alkyl halides is 6. The fourth-order valence-electron chi connectivity index (χ4n) is 3.54. The molecule has 2 aromatic rings. The van der Waals surface area contributed by atoms with E-state index in [9.17, 15) is 31.4 Å². The lowest BCUT2D eigenvalue weighted by Gasteiger charge is -2.52. The Labute approximate surface area is 174 Å². The van der Waals surface area contributed by atoms with Crippen molar-refractivity contribution in [1.82, 2.24) is 15.0 Å². The first-order chi connectivity index (χ1) is 14.3. The summed E-state index contributed by atoms with van der Waals surface area (Å²) in [6.45, 7) is 3.18. The molecule has 0 saturated heterocycles. The molecular weight excluding hydrogens is 428 g/mol. The van der Waals surface area contributed by atoms with Crippen molar-refractivity contribution in [3.8, 4) is 0 Å². The van der Waals surface area contributed by atoms with Crippen LogP contribution >= 0.6 is 0 Å². The van der Waals surface area contributed by atoms with Crippen molar-refractivity contribution in [2.24, 2.45) is 11.3 Å². The molecule has 31 heavy (non-hydrogen) atoms. The molecule has 12 heteroatoms. The van der Waals surface area contributed by atoms with Gasteiger partial charge in [0.1, 0.15) is 11.4 Å². The molecular formula is C19H21F6N5O. The van der Waals surface area contributed by atoms with Crippen molar-refractivity contribution < 1.29 is 31.4 Å². The largest absolute Gasteiger partial charge is 0.421 e. The summed E-state index contributed by atoms with van der Waals surface area (Å²) in [5.41, 5.74) is -2.66. The molecule has 2 aromatic heterocycles. The van der Waals surface area contributed by atoms with E-state index in [1.807, 2.05) is 13.8 Å². The summed E-state index contributed by atoms with van der Waals surface area (Å²) in [5, 5.41) is 14.7. The van der Waals surface area contributed by atoms with Gasteiger partial charge in [0, 0.05) is 43.3 Å². The molecule has 1 aliphatic carbocycles. The molecule has 0 aliphatic heterocycles. The smallest absolute Gasteiger partial charge is 0.396 e. The Hall–Kier alpha value is -2.63. The number of aliphatic hydroxyl groups excluding tert-OH is 1. The zero-order chi connectivity index (χ0) is 23.0. The summed E-state index contributed by atoms with van der Waals surface area (Å²) >= 11 is 0. The summed E-state index contributed by atoms with van der Waals surface area (Å²) in [5.74, 6) is -0.796. The Morgan fingerprint density at radius 1 is 1.10 bits per heavy atom. The van der Waals surface area contributed by atoms with E-state index >= 15 is 0 Å². The lowest BCUT2D eigenvalue weighted by atomic mass is 9.59. The fourth-order valence-corrected chi connectivity index (χ4v) is 3.54. The number of aliphatic hydroxyl groups is 1. The molecule has 170 valence electrons. The molecule has 0 unspecified atom stereocenters. The number of hydrogen-bond donors (Lipinski definition) is 3. The van der Waals surface area contributed by atoms with Gasteiger partial charge in [0.25, 0.3) is 0 Å². The summed E-state index contributed by atoms with van der Waals surface area (Å²) in [6.07, 6.45) is -6.27. The predicted octanol–water partition coefficient (Wildman–Crippen LogP) is 4.34. The van der Waals surface area contributed by atoms with Crippen LogP contribution in [0.1, 0.15) is 37.0 Å². The van der Waals surface area contributed by atoms with Gasteiger partial charge in [-0.05, 0) is 23.8 Å². The van der Waals surface area contributed by atoms with Gasteiger partial charge < -0.3 is 15.7 Å². The molecule has 3 N–H and O–H groups in total. The second-order valence-corrected chi connectivity index (χ2v) is 7.97. The Morgan fingerprint density at radius 3 is 2.35 bits per heavy atom. The van der Waals surface area contributed by atoms with Gasteiger partial charge in [0.2, 0.25) is 5.95 Å². The summed E-state index contributed by atoms with van der Waals surface area (Å²) in [4.78, 5) is 11.1. The zero-order valence-corrected chi connectivity index (χ0v) is 16.6. The van der Waals surface area contributed by atoms with E-state index in [1.54, 1.807) is 0 Å². The Morgan fingerprint density at radius 2 is 1.77 bits per heavy atom. The van der Waals surface area contributed by atoms with Gasteiger partial charge in [-0.25, -0.2) is 4.98 Å². The molecule has 2 atom stereocenters. The van der Waals surface area contributed by atoms with Gasteiger partial charge in [-0.1, -0.05) is 13.8 Å².